The van der Waals surface area contributed by atoms with Gasteiger partial charge in [0.1, 0.15) is 11.3 Å². The fourth-order valence-corrected chi connectivity index (χ4v) is 3.33. The van der Waals surface area contributed by atoms with Gasteiger partial charge in [0, 0.05) is 17.3 Å². The SMILES string of the molecule is COC(=O)c1cn([C@@H](CC(=O)O)c2cccs2)cc2c(=O)[nH]nc1-2. The largest absolute Gasteiger partial charge is 0.481 e. The molecule has 2 aliphatic rings. The molecule has 0 aliphatic carbocycles. The molecule has 0 saturated carbocycles. The highest BCUT2D eigenvalue weighted by atomic mass is 32.1. The van der Waals surface area contributed by atoms with Gasteiger partial charge in [0.2, 0.25) is 0 Å². The lowest BCUT2D eigenvalue weighted by Gasteiger charge is -2.20. The second-order valence-corrected chi connectivity index (χ2v) is 6.03. The first-order valence-corrected chi connectivity index (χ1v) is 7.82. The minimum atomic E-state index is -0.991. The Morgan fingerprint density at radius 1 is 1.46 bits per heavy atom. The van der Waals surface area contributed by atoms with E-state index in [-0.39, 0.29) is 23.2 Å². The number of aromatic amines is 1. The van der Waals surface area contributed by atoms with E-state index in [0.29, 0.717) is 0 Å². The second kappa shape index (κ2) is 6.28. The third kappa shape index (κ3) is 2.81. The molecule has 0 spiro atoms. The first-order chi connectivity index (χ1) is 11.5. The van der Waals surface area contributed by atoms with Gasteiger partial charge in [0.05, 0.1) is 25.1 Å². The van der Waals surface area contributed by atoms with E-state index in [1.807, 2.05) is 11.4 Å². The smallest absolute Gasteiger partial charge is 0.341 e. The molecule has 1 aromatic rings. The number of methoxy groups -OCH3 is 1. The summed E-state index contributed by atoms with van der Waals surface area (Å²) in [5.41, 5.74) is 0.0400. The van der Waals surface area contributed by atoms with E-state index in [0.717, 1.165) is 4.88 Å². The van der Waals surface area contributed by atoms with E-state index in [4.69, 9.17) is 4.74 Å². The Morgan fingerprint density at radius 3 is 2.88 bits per heavy atom. The molecule has 2 aliphatic heterocycles. The molecule has 0 aromatic carbocycles. The molecule has 3 rings (SSSR count). The van der Waals surface area contributed by atoms with E-state index in [1.54, 1.807) is 10.6 Å². The van der Waals surface area contributed by atoms with Crippen LogP contribution < -0.4 is 5.56 Å². The standard InChI is InChI=1S/C15H13N3O5S/c1-23-15(22)9-7-18(6-8-13(9)16-17-14(8)21)10(5-12(19)20)11-3-2-4-24-11/h2-4,6-7,10H,5H2,1H3,(H,17,21)(H,19,20)/t10-/m0/s1. The molecule has 3 heterocycles. The van der Waals surface area contributed by atoms with Gasteiger partial charge < -0.3 is 14.4 Å². The van der Waals surface area contributed by atoms with Crippen molar-refractivity contribution in [3.8, 4) is 11.3 Å². The van der Waals surface area contributed by atoms with E-state index >= 15 is 0 Å². The maximum atomic E-state index is 12.0. The molecule has 0 fully saturated rings. The van der Waals surface area contributed by atoms with Gasteiger partial charge in [0.25, 0.3) is 5.56 Å². The molecule has 2 N–H and O–H groups in total. The first kappa shape index (κ1) is 15.9. The number of aromatic nitrogens is 3. The molecule has 0 saturated heterocycles. The van der Waals surface area contributed by atoms with Gasteiger partial charge in [-0.2, -0.15) is 5.10 Å². The Bertz CT molecular complexity index is 912. The van der Waals surface area contributed by atoms with Gasteiger partial charge in [-0.05, 0) is 11.4 Å². The van der Waals surface area contributed by atoms with Crippen LogP contribution in [0.25, 0.3) is 11.3 Å². The molecule has 1 atom stereocenters. The second-order valence-electron chi connectivity index (χ2n) is 5.05. The third-order valence-corrected chi connectivity index (χ3v) is 4.56. The summed E-state index contributed by atoms with van der Waals surface area (Å²) in [5, 5.41) is 17.2. The zero-order valence-electron chi connectivity index (χ0n) is 12.6. The van der Waals surface area contributed by atoms with Crippen LogP contribution in [0.2, 0.25) is 0 Å². The number of hydrogen-bond acceptors (Lipinski definition) is 6. The summed E-state index contributed by atoms with van der Waals surface area (Å²) >= 11 is 1.40. The Hall–Kier alpha value is -2.94. The highest BCUT2D eigenvalue weighted by Gasteiger charge is 2.25. The van der Waals surface area contributed by atoms with Crippen LogP contribution >= 0.6 is 11.3 Å². The number of carboxylic acid groups (broad SMARTS) is 1. The normalized spacial score (nSPS) is 12.2. The van der Waals surface area contributed by atoms with Gasteiger partial charge in [-0.1, -0.05) is 6.07 Å². The topological polar surface area (TPSA) is 114 Å². The van der Waals surface area contributed by atoms with Crippen LogP contribution in [0.5, 0.6) is 0 Å². The maximum absolute atomic E-state index is 12.0. The zero-order valence-corrected chi connectivity index (χ0v) is 13.4. The van der Waals surface area contributed by atoms with Gasteiger partial charge in [-0.25, -0.2) is 9.89 Å². The Balaban J connectivity index is 2.21. The summed E-state index contributed by atoms with van der Waals surface area (Å²) < 4.78 is 6.29. The van der Waals surface area contributed by atoms with Gasteiger partial charge in [0.15, 0.2) is 0 Å². The Kier molecular flexibility index (Phi) is 4.17. The van der Waals surface area contributed by atoms with Crippen molar-refractivity contribution < 1.29 is 19.4 Å². The lowest BCUT2D eigenvalue weighted by atomic mass is 10.1. The Morgan fingerprint density at radius 2 is 2.25 bits per heavy atom. The van der Waals surface area contributed by atoms with Crippen LogP contribution in [0.1, 0.15) is 27.7 Å². The number of pyridine rings is 1. The number of rotatable bonds is 5. The van der Waals surface area contributed by atoms with E-state index in [9.17, 15) is 19.5 Å². The Labute approximate surface area is 139 Å². The van der Waals surface area contributed by atoms with Crippen LogP contribution in [0, 0.1) is 0 Å². The quantitative estimate of drug-likeness (QED) is 0.677. The minimum absolute atomic E-state index is 0.0975. The molecule has 24 heavy (non-hydrogen) atoms. The average molecular weight is 347 g/mol. The van der Waals surface area contributed by atoms with E-state index in [1.165, 1.54) is 30.8 Å². The van der Waals surface area contributed by atoms with Crippen LogP contribution in [-0.4, -0.2) is 38.9 Å². The lowest BCUT2D eigenvalue weighted by Crippen LogP contribution is -2.18. The maximum Gasteiger partial charge on any atom is 0.341 e. The van der Waals surface area contributed by atoms with Crippen molar-refractivity contribution in [2.24, 2.45) is 0 Å². The van der Waals surface area contributed by atoms with Crippen LogP contribution in [-0.2, 0) is 9.53 Å². The molecule has 9 heteroatoms. The van der Waals surface area contributed by atoms with Crippen molar-refractivity contribution in [1.82, 2.24) is 14.8 Å². The zero-order chi connectivity index (χ0) is 17.3. The number of fused-ring (bicyclic) bond motifs is 1. The molecule has 8 nitrogen and oxygen atoms in total. The monoisotopic (exact) mass is 347 g/mol. The number of aliphatic carboxylic acids is 1. The van der Waals surface area contributed by atoms with Crippen LogP contribution in [0.3, 0.4) is 0 Å². The fraction of sp³-hybridized carbons (Fsp3) is 0.200. The average Bonchev–Trinajstić information content (AvgIpc) is 3.21. The van der Waals surface area contributed by atoms with E-state index < -0.39 is 23.5 Å². The molecular weight excluding hydrogens is 334 g/mol. The summed E-state index contributed by atoms with van der Waals surface area (Å²) in [7, 11) is 1.23. The molecule has 1 aromatic heterocycles. The summed E-state index contributed by atoms with van der Waals surface area (Å²) in [6.07, 6.45) is 2.77. The van der Waals surface area contributed by atoms with Crippen molar-refractivity contribution in [3.63, 3.8) is 0 Å². The summed E-state index contributed by atoms with van der Waals surface area (Å²) in [5.74, 6) is -1.64. The van der Waals surface area contributed by atoms with Crippen molar-refractivity contribution in [1.29, 1.82) is 0 Å². The first-order valence-electron chi connectivity index (χ1n) is 6.94. The van der Waals surface area contributed by atoms with Crippen molar-refractivity contribution in [2.75, 3.05) is 7.11 Å². The van der Waals surface area contributed by atoms with Gasteiger partial charge in [-0.15, -0.1) is 11.3 Å². The number of thiophene rings is 1. The number of carbonyl (C=O) groups is 2. The highest BCUT2D eigenvalue weighted by molar-refractivity contribution is 7.10. The number of nitrogens with one attached hydrogen (secondary N) is 1. The van der Waals surface area contributed by atoms with Crippen LogP contribution in [0.15, 0.2) is 34.7 Å². The molecule has 0 radical (unpaired) electrons. The predicted octanol–water partition coefficient (Wildman–Crippen LogP) is 1.59. The number of H-pyrrole nitrogens is 1. The van der Waals surface area contributed by atoms with Crippen molar-refractivity contribution in [3.05, 3.63) is 50.7 Å². The van der Waals surface area contributed by atoms with Crippen LogP contribution in [0.4, 0.5) is 0 Å². The number of carbonyl (C=O) groups excluding carboxylic acids is 1. The highest BCUT2D eigenvalue weighted by Crippen LogP contribution is 2.30. The molecule has 0 unspecified atom stereocenters. The molecule has 124 valence electrons. The summed E-state index contributed by atoms with van der Waals surface area (Å²) in [4.78, 5) is 36.0. The number of hydrogen-bond donors (Lipinski definition) is 2. The summed E-state index contributed by atoms with van der Waals surface area (Å²) in [6.45, 7) is 0. The molecule has 0 amide bonds. The lowest BCUT2D eigenvalue weighted by molar-refractivity contribution is -0.137. The van der Waals surface area contributed by atoms with Crippen molar-refractivity contribution >= 4 is 23.3 Å². The number of ether oxygens (including phenoxy) is 1. The molecule has 0 bridgehead atoms. The van der Waals surface area contributed by atoms with E-state index in [2.05, 4.69) is 10.2 Å². The third-order valence-electron chi connectivity index (χ3n) is 3.59. The minimum Gasteiger partial charge on any atom is -0.481 e. The number of nitrogens with zero attached hydrogens (tertiary/aromatic N) is 2. The summed E-state index contributed by atoms with van der Waals surface area (Å²) in [6, 6.07) is 3.07. The predicted molar refractivity (Wildman–Crippen MR) is 85.5 cm³/mol. The van der Waals surface area contributed by atoms with Gasteiger partial charge in [-0.3, -0.25) is 9.59 Å². The fourth-order valence-electron chi connectivity index (χ4n) is 2.49. The molecular formula is C15H13N3O5S. The van der Waals surface area contributed by atoms with Gasteiger partial charge >= 0.3 is 11.9 Å². The van der Waals surface area contributed by atoms with Crippen molar-refractivity contribution in [2.45, 2.75) is 12.5 Å². The number of esters is 1. The number of carboxylic acids is 1.